The number of fused-ring (bicyclic) bond motifs is 8. The van der Waals surface area contributed by atoms with Crippen LogP contribution in [0.4, 0.5) is 0 Å². The molecule has 8 bridgehead atoms. The first kappa shape index (κ1) is 46.5. The quantitative estimate of drug-likeness (QED) is 0.153. The maximum Gasteiger partial charge on any atom is 0.126 e. The third-order valence-electron chi connectivity index (χ3n) is 12.8. The summed E-state index contributed by atoms with van der Waals surface area (Å²) in [6.45, 7) is 28.6. The highest BCUT2D eigenvalue weighted by Crippen LogP contribution is 2.44. The molecule has 0 unspecified atom stereocenters. The van der Waals surface area contributed by atoms with Crippen LogP contribution >= 0.6 is 0 Å². The van der Waals surface area contributed by atoms with Gasteiger partial charge in [-0.2, -0.15) is 0 Å². The fourth-order valence-electron chi connectivity index (χ4n) is 8.98. The van der Waals surface area contributed by atoms with Crippen LogP contribution in [-0.2, 0) is 60.6 Å². The lowest BCUT2D eigenvalue weighted by atomic mass is 9.79. The fourth-order valence-corrected chi connectivity index (χ4v) is 8.98. The van der Waals surface area contributed by atoms with Crippen molar-refractivity contribution in [2.24, 2.45) is 0 Å². The first-order chi connectivity index (χ1) is 30.1. The number of methoxy groups -OCH3 is 2. The molecular formula is C60H72O4. The van der Waals surface area contributed by atoms with Crippen LogP contribution in [0.25, 0.3) is 0 Å². The number of rotatable bonds is 8. The van der Waals surface area contributed by atoms with Gasteiger partial charge in [0.1, 0.15) is 36.2 Å². The van der Waals surface area contributed by atoms with E-state index in [1.165, 1.54) is 22.3 Å². The van der Waals surface area contributed by atoms with E-state index < -0.39 is 0 Å². The zero-order valence-corrected chi connectivity index (χ0v) is 41.3. The summed E-state index contributed by atoms with van der Waals surface area (Å²) in [5, 5.41) is 0. The summed E-state index contributed by atoms with van der Waals surface area (Å²) in [6, 6.07) is 40.1. The molecule has 6 aromatic carbocycles. The van der Waals surface area contributed by atoms with E-state index >= 15 is 0 Å². The van der Waals surface area contributed by atoms with Gasteiger partial charge in [0.05, 0.1) is 14.2 Å². The SMILES string of the molecule is COc1c2cc(C(C)(C)C)cc1Cc1cc(C(C)(C)C)cc(c1OCc1ccccc1)Cc1cc(C(C)(C)C)cc(c1OC)Cc1cc(C(C)(C)C)cc(c1OCc1ccccc1)C2. The number of benzene rings is 6. The smallest absolute Gasteiger partial charge is 0.126 e. The van der Waals surface area contributed by atoms with E-state index in [1.807, 2.05) is 14.2 Å². The van der Waals surface area contributed by atoms with E-state index in [2.05, 4.69) is 192 Å². The molecule has 0 fully saturated rings. The van der Waals surface area contributed by atoms with Gasteiger partial charge in [0.2, 0.25) is 0 Å². The Morgan fingerprint density at radius 3 is 0.750 bits per heavy atom. The van der Waals surface area contributed by atoms with Gasteiger partial charge < -0.3 is 18.9 Å². The summed E-state index contributed by atoms with van der Waals surface area (Å²) >= 11 is 0. The van der Waals surface area contributed by atoms with Gasteiger partial charge in [-0.15, -0.1) is 0 Å². The molecule has 0 saturated heterocycles. The van der Waals surface area contributed by atoms with Gasteiger partial charge in [0.25, 0.3) is 0 Å². The van der Waals surface area contributed by atoms with Gasteiger partial charge in [0.15, 0.2) is 0 Å². The van der Waals surface area contributed by atoms with Crippen LogP contribution in [0.3, 0.4) is 0 Å². The highest BCUT2D eigenvalue weighted by Gasteiger charge is 2.29. The molecule has 4 nitrogen and oxygen atoms in total. The molecule has 0 spiro atoms. The number of ether oxygens (including phenoxy) is 4. The van der Waals surface area contributed by atoms with Crippen LogP contribution in [0.1, 0.15) is 161 Å². The van der Waals surface area contributed by atoms with Crippen molar-refractivity contribution in [2.75, 3.05) is 14.2 Å². The van der Waals surface area contributed by atoms with Gasteiger partial charge in [-0.3, -0.25) is 0 Å². The number of hydrogen-bond donors (Lipinski definition) is 0. The van der Waals surface area contributed by atoms with Crippen molar-refractivity contribution in [2.45, 2.75) is 144 Å². The zero-order valence-electron chi connectivity index (χ0n) is 41.3. The second-order valence-corrected chi connectivity index (χ2v) is 22.2. The van der Waals surface area contributed by atoms with Crippen LogP contribution in [-0.4, -0.2) is 14.2 Å². The average Bonchev–Trinajstić information content (AvgIpc) is 3.22. The molecule has 0 saturated carbocycles. The maximum absolute atomic E-state index is 7.11. The minimum Gasteiger partial charge on any atom is -0.496 e. The Labute approximate surface area is 385 Å². The van der Waals surface area contributed by atoms with Crippen molar-refractivity contribution in [1.82, 2.24) is 0 Å². The maximum atomic E-state index is 7.11. The van der Waals surface area contributed by atoms with Crippen molar-refractivity contribution in [3.8, 4) is 23.0 Å². The third-order valence-corrected chi connectivity index (χ3v) is 12.8. The van der Waals surface area contributed by atoms with Crippen LogP contribution in [0.5, 0.6) is 23.0 Å². The summed E-state index contributed by atoms with van der Waals surface area (Å²) in [6.07, 6.45) is 2.54. The van der Waals surface area contributed by atoms with Crippen molar-refractivity contribution in [3.63, 3.8) is 0 Å². The molecule has 0 atom stereocenters. The van der Waals surface area contributed by atoms with E-state index in [4.69, 9.17) is 18.9 Å². The summed E-state index contributed by atoms with van der Waals surface area (Å²) in [5.41, 5.74) is 16.1. The second-order valence-electron chi connectivity index (χ2n) is 22.2. The lowest BCUT2D eigenvalue weighted by Crippen LogP contribution is -2.17. The molecule has 4 heteroatoms. The average molecular weight is 857 g/mol. The molecular weight excluding hydrogens is 785 g/mol. The van der Waals surface area contributed by atoms with E-state index in [1.54, 1.807) is 0 Å². The van der Waals surface area contributed by atoms with E-state index in [-0.39, 0.29) is 21.7 Å². The van der Waals surface area contributed by atoms with Crippen LogP contribution in [0, 0.1) is 0 Å². The third kappa shape index (κ3) is 10.5. The largest absolute Gasteiger partial charge is 0.496 e. The Morgan fingerprint density at radius 1 is 0.328 bits per heavy atom. The second kappa shape index (κ2) is 18.2. The Kier molecular flexibility index (Phi) is 13.2. The molecule has 0 heterocycles. The summed E-state index contributed by atoms with van der Waals surface area (Å²) in [7, 11) is 3.66. The predicted molar refractivity (Wildman–Crippen MR) is 266 cm³/mol. The minimum absolute atomic E-state index is 0.114. The van der Waals surface area contributed by atoms with Crippen molar-refractivity contribution < 1.29 is 18.9 Å². The van der Waals surface area contributed by atoms with Gasteiger partial charge in [-0.1, -0.05) is 192 Å². The molecule has 0 N–H and O–H groups in total. The van der Waals surface area contributed by atoms with E-state index in [9.17, 15) is 0 Å². The van der Waals surface area contributed by atoms with Crippen LogP contribution < -0.4 is 18.9 Å². The molecule has 1 aliphatic rings. The molecule has 7 rings (SSSR count). The summed E-state index contributed by atoms with van der Waals surface area (Å²) in [5.74, 6) is 3.68. The molecule has 1 aliphatic carbocycles. The van der Waals surface area contributed by atoms with Crippen molar-refractivity contribution >= 4 is 0 Å². The molecule has 0 radical (unpaired) electrons. The Bertz CT molecular complexity index is 2310. The predicted octanol–water partition coefficient (Wildman–Crippen LogP) is 14.7. The molecule has 0 aromatic heterocycles. The Hall–Kier alpha value is -5.48. The van der Waals surface area contributed by atoms with Crippen molar-refractivity contribution in [1.29, 1.82) is 0 Å². The highest BCUT2D eigenvalue weighted by atomic mass is 16.5. The molecule has 336 valence electrons. The molecule has 64 heavy (non-hydrogen) atoms. The number of hydrogen-bond acceptors (Lipinski definition) is 4. The van der Waals surface area contributed by atoms with Crippen molar-refractivity contribution in [3.05, 3.63) is 187 Å². The monoisotopic (exact) mass is 857 g/mol. The molecule has 6 aromatic rings. The molecule has 0 amide bonds. The fraction of sp³-hybridized carbons (Fsp3) is 0.400. The van der Waals surface area contributed by atoms with Crippen LogP contribution in [0.15, 0.2) is 109 Å². The van der Waals surface area contributed by atoms with Gasteiger partial charge in [-0.05, 0) is 99.5 Å². The zero-order chi connectivity index (χ0) is 46.2. The van der Waals surface area contributed by atoms with Crippen LogP contribution in [0.2, 0.25) is 0 Å². The van der Waals surface area contributed by atoms with E-state index in [0.717, 1.165) is 78.6 Å². The van der Waals surface area contributed by atoms with Gasteiger partial charge >= 0.3 is 0 Å². The normalized spacial score (nSPS) is 13.3. The lowest BCUT2D eigenvalue weighted by Gasteiger charge is -2.29. The Morgan fingerprint density at radius 2 is 0.547 bits per heavy atom. The molecule has 0 aliphatic heterocycles. The highest BCUT2D eigenvalue weighted by molar-refractivity contribution is 5.60. The minimum atomic E-state index is -0.114. The lowest BCUT2D eigenvalue weighted by molar-refractivity contribution is 0.299. The standard InChI is InChI=1S/C60H72O4/c1-57(2,3)49-29-41-25-45-33-51(59(7,8)9)35-47(55(45)63-37-39-21-17-15-18-22-39)27-43-31-50(58(4,5)6)32-44(54(43)62-14)28-48-36-52(60(10,11)12)34-46(26-42(30-49)53(41)61-13)56(48)64-38-40-23-19-16-20-24-40/h15-24,29-36H,25-28,37-38H2,1-14H3. The van der Waals surface area contributed by atoms with Gasteiger partial charge in [0, 0.05) is 25.7 Å². The first-order valence-corrected chi connectivity index (χ1v) is 23.2. The Balaban J connectivity index is 1.59. The van der Waals surface area contributed by atoms with E-state index in [0.29, 0.717) is 38.9 Å². The summed E-state index contributed by atoms with van der Waals surface area (Å²) < 4.78 is 27.4. The topological polar surface area (TPSA) is 36.9 Å². The first-order valence-electron chi connectivity index (χ1n) is 23.2. The summed E-state index contributed by atoms with van der Waals surface area (Å²) in [4.78, 5) is 0. The van der Waals surface area contributed by atoms with Gasteiger partial charge in [-0.25, -0.2) is 0 Å².